The molecule has 2 rings (SSSR count). The molecule has 0 aliphatic carbocycles. The molecule has 1 aliphatic rings. The normalized spacial score (nSPS) is 22.8. The molecule has 0 amide bonds. The molecule has 0 saturated carbocycles. The fourth-order valence-electron chi connectivity index (χ4n) is 1.91. The zero-order valence-corrected chi connectivity index (χ0v) is 10.4. The van der Waals surface area contributed by atoms with Crippen LogP contribution in [-0.2, 0) is 16.4 Å². The molecule has 90 valence electrons. The van der Waals surface area contributed by atoms with Crippen LogP contribution in [0.3, 0.4) is 0 Å². The quantitative estimate of drug-likeness (QED) is 0.861. The average Bonchev–Trinajstić information content (AvgIpc) is 2.85. The van der Waals surface area contributed by atoms with Crippen molar-refractivity contribution >= 4 is 10.0 Å². The second-order valence-corrected chi connectivity index (χ2v) is 6.21. The Morgan fingerprint density at radius 2 is 2.38 bits per heavy atom. The van der Waals surface area contributed by atoms with E-state index in [0.717, 1.165) is 6.42 Å². The Bertz CT molecular complexity index is 466. The third-order valence-electron chi connectivity index (χ3n) is 2.94. The van der Waals surface area contributed by atoms with Crippen molar-refractivity contribution < 1.29 is 8.42 Å². The number of H-pyrrole nitrogens is 1. The number of hydrogen-bond acceptors (Lipinski definition) is 3. The molecule has 0 spiro atoms. The maximum atomic E-state index is 12.2. The predicted molar refractivity (Wildman–Crippen MR) is 60.5 cm³/mol. The molecule has 6 heteroatoms. The molecule has 1 unspecified atom stereocenters. The van der Waals surface area contributed by atoms with Crippen LogP contribution in [0.25, 0.3) is 0 Å². The number of sulfonamides is 1. The van der Waals surface area contributed by atoms with Gasteiger partial charge in [0.05, 0.1) is 6.20 Å². The zero-order chi connectivity index (χ0) is 11.8. The molecule has 1 aromatic heterocycles. The van der Waals surface area contributed by atoms with Gasteiger partial charge in [-0.25, -0.2) is 13.4 Å². The Hall–Kier alpha value is -0.880. The van der Waals surface area contributed by atoms with Gasteiger partial charge in [-0.3, -0.25) is 0 Å². The molecular weight excluding hydrogens is 226 g/mol. The van der Waals surface area contributed by atoms with Crippen LogP contribution in [0.1, 0.15) is 26.1 Å². The molecular formula is C10H17N3O2S. The number of hydrogen-bond donors (Lipinski definition) is 1. The zero-order valence-electron chi connectivity index (χ0n) is 9.60. The van der Waals surface area contributed by atoms with Crippen LogP contribution in [0, 0.1) is 5.92 Å². The molecule has 0 radical (unpaired) electrons. The first-order valence-corrected chi connectivity index (χ1v) is 7.02. The maximum absolute atomic E-state index is 12.2. The van der Waals surface area contributed by atoms with E-state index in [9.17, 15) is 8.42 Å². The molecule has 2 heterocycles. The smallest absolute Gasteiger partial charge is 0.260 e. The fourth-order valence-corrected chi connectivity index (χ4v) is 3.41. The molecule has 1 N–H and O–H groups in total. The van der Waals surface area contributed by atoms with E-state index >= 15 is 0 Å². The van der Waals surface area contributed by atoms with Crippen molar-refractivity contribution in [1.82, 2.24) is 14.3 Å². The first-order chi connectivity index (χ1) is 7.54. The standard InChI is InChI=1S/C10H17N3O2S/c1-3-9-11-6-10(12-9)16(14,15)13-5-4-8(2)7-13/h6,8H,3-5,7H2,1-2H3,(H,11,12). The third-order valence-corrected chi connectivity index (χ3v) is 4.72. The van der Waals surface area contributed by atoms with Crippen molar-refractivity contribution in [2.24, 2.45) is 5.92 Å². The second-order valence-electron chi connectivity index (χ2n) is 4.30. The lowest BCUT2D eigenvalue weighted by molar-refractivity contribution is 0.462. The number of aromatic amines is 1. The van der Waals surface area contributed by atoms with Crippen LogP contribution in [0.5, 0.6) is 0 Å². The van der Waals surface area contributed by atoms with Gasteiger partial charge in [-0.1, -0.05) is 13.8 Å². The van der Waals surface area contributed by atoms with Crippen LogP contribution in [0.15, 0.2) is 11.2 Å². The first kappa shape index (κ1) is 11.6. The number of aromatic nitrogens is 2. The summed E-state index contributed by atoms with van der Waals surface area (Å²) < 4.78 is 25.9. The van der Waals surface area contributed by atoms with E-state index in [2.05, 4.69) is 16.9 Å². The number of imidazole rings is 1. The molecule has 16 heavy (non-hydrogen) atoms. The topological polar surface area (TPSA) is 66.1 Å². The third kappa shape index (κ3) is 1.99. The molecule has 0 aromatic carbocycles. The first-order valence-electron chi connectivity index (χ1n) is 5.58. The van der Waals surface area contributed by atoms with Crippen molar-refractivity contribution in [3.63, 3.8) is 0 Å². The van der Waals surface area contributed by atoms with Gasteiger partial charge in [0.1, 0.15) is 5.82 Å². The Balaban J connectivity index is 2.25. The summed E-state index contributed by atoms with van der Waals surface area (Å²) in [7, 11) is -3.35. The van der Waals surface area contributed by atoms with Crippen molar-refractivity contribution in [3.05, 3.63) is 12.0 Å². The Labute approximate surface area is 95.9 Å². The summed E-state index contributed by atoms with van der Waals surface area (Å²) in [6.45, 7) is 5.24. The van der Waals surface area contributed by atoms with E-state index in [1.165, 1.54) is 10.5 Å². The van der Waals surface area contributed by atoms with Gasteiger partial charge in [-0.2, -0.15) is 4.31 Å². The highest BCUT2D eigenvalue weighted by Gasteiger charge is 2.31. The lowest BCUT2D eigenvalue weighted by atomic mass is 10.2. The van der Waals surface area contributed by atoms with E-state index in [1.807, 2.05) is 6.92 Å². The number of nitrogens with zero attached hydrogens (tertiary/aromatic N) is 2. The summed E-state index contributed by atoms with van der Waals surface area (Å²) in [4.78, 5) is 6.88. The minimum Gasteiger partial charge on any atom is -0.332 e. The maximum Gasteiger partial charge on any atom is 0.260 e. The fraction of sp³-hybridized carbons (Fsp3) is 0.700. The Morgan fingerprint density at radius 3 is 2.88 bits per heavy atom. The summed E-state index contributed by atoms with van der Waals surface area (Å²) in [6, 6.07) is 0. The molecule has 1 fully saturated rings. The lowest BCUT2D eigenvalue weighted by Gasteiger charge is -2.14. The van der Waals surface area contributed by atoms with E-state index in [0.29, 0.717) is 31.3 Å². The van der Waals surface area contributed by atoms with E-state index in [1.54, 1.807) is 0 Å². The van der Waals surface area contributed by atoms with E-state index < -0.39 is 10.0 Å². The van der Waals surface area contributed by atoms with E-state index in [4.69, 9.17) is 0 Å². The molecule has 1 saturated heterocycles. The minimum absolute atomic E-state index is 0.221. The predicted octanol–water partition coefficient (Wildman–Crippen LogP) is 1.00. The highest BCUT2D eigenvalue weighted by atomic mass is 32.2. The van der Waals surface area contributed by atoms with Gasteiger partial charge in [0, 0.05) is 19.5 Å². The van der Waals surface area contributed by atoms with Gasteiger partial charge in [0.2, 0.25) is 0 Å². The van der Waals surface area contributed by atoms with Gasteiger partial charge in [-0.05, 0) is 12.3 Å². The van der Waals surface area contributed by atoms with Gasteiger partial charge in [-0.15, -0.1) is 0 Å². The van der Waals surface area contributed by atoms with Crippen LogP contribution in [0.4, 0.5) is 0 Å². The van der Waals surface area contributed by atoms with Gasteiger partial charge in [0.25, 0.3) is 10.0 Å². The van der Waals surface area contributed by atoms with Crippen LogP contribution in [-0.4, -0.2) is 35.8 Å². The van der Waals surface area contributed by atoms with Crippen molar-refractivity contribution in [1.29, 1.82) is 0 Å². The largest absolute Gasteiger partial charge is 0.332 e. The Morgan fingerprint density at radius 1 is 1.62 bits per heavy atom. The molecule has 5 nitrogen and oxygen atoms in total. The summed E-state index contributed by atoms with van der Waals surface area (Å²) >= 11 is 0. The highest BCUT2D eigenvalue weighted by Crippen LogP contribution is 2.22. The Kier molecular flexibility index (Phi) is 3.03. The molecule has 1 aliphatic heterocycles. The van der Waals surface area contributed by atoms with Gasteiger partial charge < -0.3 is 4.98 Å². The number of rotatable bonds is 3. The second kappa shape index (κ2) is 4.18. The number of nitrogens with one attached hydrogen (secondary N) is 1. The van der Waals surface area contributed by atoms with E-state index in [-0.39, 0.29) is 5.03 Å². The molecule has 0 bridgehead atoms. The van der Waals surface area contributed by atoms with Crippen molar-refractivity contribution in [3.8, 4) is 0 Å². The van der Waals surface area contributed by atoms with Gasteiger partial charge >= 0.3 is 0 Å². The number of aryl methyl sites for hydroxylation is 1. The SMILES string of the molecule is CCc1ncc(S(=O)(=O)N2CCC(C)C2)[nH]1. The molecule has 1 aromatic rings. The van der Waals surface area contributed by atoms with Crippen LogP contribution >= 0.6 is 0 Å². The average molecular weight is 243 g/mol. The highest BCUT2D eigenvalue weighted by molar-refractivity contribution is 7.89. The van der Waals surface area contributed by atoms with Gasteiger partial charge in [0.15, 0.2) is 5.03 Å². The van der Waals surface area contributed by atoms with Crippen LogP contribution in [0.2, 0.25) is 0 Å². The molecule has 1 atom stereocenters. The summed E-state index contributed by atoms with van der Waals surface area (Å²) in [6.07, 6.45) is 3.07. The summed E-state index contributed by atoms with van der Waals surface area (Å²) in [5.41, 5.74) is 0. The van der Waals surface area contributed by atoms with Crippen LogP contribution < -0.4 is 0 Å². The minimum atomic E-state index is -3.35. The van der Waals surface area contributed by atoms with Crippen molar-refractivity contribution in [2.75, 3.05) is 13.1 Å². The monoisotopic (exact) mass is 243 g/mol. The summed E-state index contributed by atoms with van der Waals surface area (Å²) in [5.74, 6) is 1.16. The lowest BCUT2D eigenvalue weighted by Crippen LogP contribution is -2.28. The summed E-state index contributed by atoms with van der Waals surface area (Å²) in [5, 5.41) is 0.221. The van der Waals surface area contributed by atoms with Crippen molar-refractivity contribution in [2.45, 2.75) is 31.7 Å².